The van der Waals surface area contributed by atoms with E-state index in [2.05, 4.69) is 33.3 Å². The Morgan fingerprint density at radius 2 is 2.00 bits per heavy atom. The molecule has 3 heterocycles. The third-order valence-electron chi connectivity index (χ3n) is 6.46. The van der Waals surface area contributed by atoms with E-state index in [-0.39, 0.29) is 0 Å². The zero-order chi connectivity index (χ0) is 25.5. The van der Waals surface area contributed by atoms with E-state index < -0.39 is 5.76 Å². The molecule has 186 valence electrons. The van der Waals surface area contributed by atoms with Crippen LogP contribution in [0, 0.1) is 0 Å². The third kappa shape index (κ3) is 4.09. The largest absolute Gasteiger partial charge is 0.488 e. The molecule has 0 unspecified atom stereocenters. The Kier molecular flexibility index (Phi) is 5.81. The molecule has 9 heteroatoms. The fourth-order valence-corrected chi connectivity index (χ4v) is 5.00. The highest BCUT2D eigenvalue weighted by Crippen LogP contribution is 2.40. The van der Waals surface area contributed by atoms with Crippen LogP contribution in [0.25, 0.3) is 22.2 Å². The number of halogens is 1. The van der Waals surface area contributed by atoms with Crippen LogP contribution in [-0.4, -0.2) is 26.3 Å². The molecule has 1 N–H and O–H groups in total. The molecule has 0 bridgehead atoms. The number of nitrogens with zero attached hydrogens (tertiary/aromatic N) is 3. The third-order valence-corrected chi connectivity index (χ3v) is 6.76. The van der Waals surface area contributed by atoms with Crippen molar-refractivity contribution in [1.29, 1.82) is 0 Å². The van der Waals surface area contributed by atoms with Gasteiger partial charge >= 0.3 is 5.76 Å². The molecule has 6 rings (SSSR count). The molecule has 2 aromatic heterocycles. The molecule has 5 aromatic rings. The molecule has 0 amide bonds. The van der Waals surface area contributed by atoms with Crippen molar-refractivity contribution in [3.05, 3.63) is 104 Å². The number of rotatable bonds is 5. The maximum absolute atomic E-state index is 11.7. The molecule has 0 spiro atoms. The Bertz CT molecular complexity index is 1730. The smallest absolute Gasteiger partial charge is 0.439 e. The summed E-state index contributed by atoms with van der Waals surface area (Å²) in [6.45, 7) is 5.27. The summed E-state index contributed by atoms with van der Waals surface area (Å²) >= 11 is 6.41. The van der Waals surface area contributed by atoms with E-state index in [9.17, 15) is 4.79 Å². The fraction of sp³-hybridized carbons (Fsp3) is 0.179. The van der Waals surface area contributed by atoms with Gasteiger partial charge in [-0.3, -0.25) is 14.1 Å². The highest BCUT2D eigenvalue weighted by molar-refractivity contribution is 6.34. The summed E-state index contributed by atoms with van der Waals surface area (Å²) in [6.07, 6.45) is 0. The molecule has 0 fully saturated rings. The molecule has 0 aliphatic carbocycles. The lowest BCUT2D eigenvalue weighted by atomic mass is 9.89. The predicted octanol–water partition coefficient (Wildman–Crippen LogP) is 5.68. The number of imidazole rings is 1. The van der Waals surface area contributed by atoms with Crippen LogP contribution in [0.3, 0.4) is 0 Å². The number of allylic oxidation sites excluding steroid dienone is 1. The summed E-state index contributed by atoms with van der Waals surface area (Å²) in [5.74, 6) is 0.547. The molecular formula is C28H23ClN4O4. The number of hydrogen-bond acceptors (Lipinski definition) is 6. The number of aromatic amines is 1. The van der Waals surface area contributed by atoms with Gasteiger partial charge in [0.25, 0.3) is 6.01 Å². The summed E-state index contributed by atoms with van der Waals surface area (Å²) in [6, 6.07) is 20.4. The second kappa shape index (κ2) is 9.29. The highest BCUT2D eigenvalue weighted by atomic mass is 35.5. The van der Waals surface area contributed by atoms with Crippen molar-refractivity contribution in [2.75, 3.05) is 6.61 Å². The van der Waals surface area contributed by atoms with Crippen molar-refractivity contribution in [3.63, 3.8) is 0 Å². The summed E-state index contributed by atoms with van der Waals surface area (Å²) in [7, 11) is 0. The van der Waals surface area contributed by atoms with Crippen LogP contribution in [0.1, 0.15) is 41.9 Å². The molecule has 3 aromatic carbocycles. The van der Waals surface area contributed by atoms with Crippen molar-refractivity contribution in [1.82, 2.24) is 19.7 Å². The molecule has 1 aliphatic rings. The summed E-state index contributed by atoms with van der Waals surface area (Å²) in [5, 5.41) is 4.51. The quantitative estimate of drug-likeness (QED) is 0.324. The fourth-order valence-electron chi connectivity index (χ4n) is 4.79. The Morgan fingerprint density at radius 3 is 2.81 bits per heavy atom. The van der Waals surface area contributed by atoms with Gasteiger partial charge in [-0.2, -0.15) is 4.98 Å². The van der Waals surface area contributed by atoms with Gasteiger partial charge in [-0.25, -0.2) is 4.79 Å². The van der Waals surface area contributed by atoms with Crippen molar-refractivity contribution >= 4 is 33.8 Å². The van der Waals surface area contributed by atoms with E-state index in [1.165, 1.54) is 0 Å². The zero-order valence-electron chi connectivity index (χ0n) is 20.2. The van der Waals surface area contributed by atoms with Gasteiger partial charge in [-0.15, -0.1) is 0 Å². The average molecular weight is 515 g/mol. The monoisotopic (exact) mass is 514 g/mol. The maximum Gasteiger partial charge on any atom is 0.439 e. The minimum absolute atomic E-state index is 0.384. The first kappa shape index (κ1) is 23.1. The molecule has 0 saturated carbocycles. The van der Waals surface area contributed by atoms with Gasteiger partial charge in [-0.05, 0) is 60.4 Å². The van der Waals surface area contributed by atoms with Gasteiger partial charge in [0.05, 0.1) is 23.7 Å². The normalized spacial score (nSPS) is 14.0. The lowest BCUT2D eigenvalue weighted by Gasteiger charge is -2.15. The topological polar surface area (TPSA) is 95.2 Å². The molecule has 0 radical (unpaired) electrons. The molecular weight excluding hydrogens is 492 g/mol. The van der Waals surface area contributed by atoms with Gasteiger partial charge in [0.1, 0.15) is 17.9 Å². The molecule has 0 saturated heterocycles. The van der Waals surface area contributed by atoms with E-state index in [0.29, 0.717) is 42.1 Å². The van der Waals surface area contributed by atoms with E-state index in [4.69, 9.17) is 25.6 Å². The Hall–Kier alpha value is -4.30. The van der Waals surface area contributed by atoms with Gasteiger partial charge in [0.2, 0.25) is 0 Å². The van der Waals surface area contributed by atoms with Crippen molar-refractivity contribution in [3.8, 4) is 11.8 Å². The maximum atomic E-state index is 11.7. The number of fused-ring (bicyclic) bond motifs is 3. The second-order valence-corrected chi connectivity index (χ2v) is 9.15. The van der Waals surface area contributed by atoms with Crippen molar-refractivity contribution < 1.29 is 14.0 Å². The van der Waals surface area contributed by atoms with Crippen molar-refractivity contribution in [2.45, 2.75) is 27.0 Å². The van der Waals surface area contributed by atoms with Gasteiger partial charge < -0.3 is 9.47 Å². The van der Waals surface area contributed by atoms with Gasteiger partial charge in [0, 0.05) is 11.1 Å². The lowest BCUT2D eigenvalue weighted by molar-refractivity contribution is 0.301. The molecule has 8 nitrogen and oxygen atoms in total. The first-order valence-electron chi connectivity index (χ1n) is 11.9. The van der Waals surface area contributed by atoms with E-state index in [0.717, 1.165) is 44.7 Å². The molecule has 1 aliphatic heterocycles. The average Bonchev–Trinajstić information content (AvgIpc) is 3.44. The van der Waals surface area contributed by atoms with Gasteiger partial charge in [-0.1, -0.05) is 53.2 Å². The standard InChI is InChI=1S/C28H23ClN4O4/c1-3-35-27-30-25-21(29)8-6-9-22(25)33(27)14-17-11-12-19-18(13-17)15-36-23-10-5-4-7-20(23)24(19)16(2)26-31-28(34)37-32-26/h4-13H,3,14-15H2,1-2H3,(H,31,32,34)/b24-16+. The number of H-pyrrole nitrogens is 1. The number of aromatic nitrogens is 4. The van der Waals surface area contributed by atoms with Crippen molar-refractivity contribution in [2.24, 2.45) is 0 Å². The lowest BCUT2D eigenvalue weighted by Crippen LogP contribution is -2.06. The highest BCUT2D eigenvalue weighted by Gasteiger charge is 2.24. The SMILES string of the molecule is CCOc1nc2c(Cl)cccc2n1Cc1ccc2c(c1)COc1ccccc1/C2=C(\C)c1noc(=O)[nH]1. The van der Waals surface area contributed by atoms with E-state index >= 15 is 0 Å². The van der Waals surface area contributed by atoms with Crippen LogP contribution in [0.5, 0.6) is 11.8 Å². The summed E-state index contributed by atoms with van der Waals surface area (Å²) in [5.41, 5.74) is 7.31. The first-order chi connectivity index (χ1) is 18.0. The Labute approximate surface area is 217 Å². The van der Waals surface area contributed by atoms with E-state index in [1.807, 2.05) is 60.9 Å². The second-order valence-electron chi connectivity index (χ2n) is 8.74. The molecule has 0 atom stereocenters. The predicted molar refractivity (Wildman–Crippen MR) is 141 cm³/mol. The van der Waals surface area contributed by atoms with Crippen LogP contribution >= 0.6 is 11.6 Å². The Balaban J connectivity index is 1.48. The minimum atomic E-state index is -0.596. The first-order valence-corrected chi connectivity index (χ1v) is 12.3. The van der Waals surface area contributed by atoms with Crippen LogP contribution in [-0.2, 0) is 13.2 Å². The number of nitrogens with one attached hydrogen (secondary N) is 1. The number of benzene rings is 3. The zero-order valence-corrected chi connectivity index (χ0v) is 21.0. The van der Waals surface area contributed by atoms with E-state index in [1.54, 1.807) is 0 Å². The number of hydrogen-bond donors (Lipinski definition) is 1. The summed E-state index contributed by atoms with van der Waals surface area (Å²) in [4.78, 5) is 19.0. The van der Waals surface area contributed by atoms with Crippen LogP contribution < -0.4 is 15.2 Å². The van der Waals surface area contributed by atoms with Crippen LogP contribution in [0.15, 0.2) is 70.0 Å². The minimum Gasteiger partial charge on any atom is -0.488 e. The molecule has 37 heavy (non-hydrogen) atoms. The number of ether oxygens (including phenoxy) is 2. The van der Waals surface area contributed by atoms with Gasteiger partial charge in [0.15, 0.2) is 5.82 Å². The number of para-hydroxylation sites is 2. The van der Waals surface area contributed by atoms with Crippen LogP contribution in [0.2, 0.25) is 5.02 Å². The van der Waals surface area contributed by atoms with Crippen LogP contribution in [0.4, 0.5) is 0 Å². The summed E-state index contributed by atoms with van der Waals surface area (Å²) < 4.78 is 18.9. The Morgan fingerprint density at radius 1 is 1.14 bits per heavy atom.